The Morgan fingerprint density at radius 3 is 2.62 bits per heavy atom. The zero-order valence-corrected chi connectivity index (χ0v) is 8.87. The molecule has 72 valence electrons. The van der Waals surface area contributed by atoms with Gasteiger partial charge in [0.25, 0.3) is 0 Å². The quantitative estimate of drug-likeness (QED) is 0.599. The molecule has 1 nitrogen and oxygen atoms in total. The second kappa shape index (κ2) is 2.63. The zero-order chi connectivity index (χ0) is 9.64. The fourth-order valence-electron chi connectivity index (χ4n) is 2.08. The molecule has 2 rings (SSSR count). The van der Waals surface area contributed by atoms with Gasteiger partial charge in [0, 0.05) is 5.92 Å². The van der Waals surface area contributed by atoms with E-state index in [1.54, 1.807) is 0 Å². The van der Waals surface area contributed by atoms with Crippen LogP contribution in [0.4, 0.5) is 0 Å². The summed E-state index contributed by atoms with van der Waals surface area (Å²) >= 11 is 0. The lowest BCUT2D eigenvalue weighted by atomic mass is 10.1. The van der Waals surface area contributed by atoms with Crippen LogP contribution in [0.5, 0.6) is 0 Å². The molecule has 1 saturated carbocycles. The molecule has 13 heavy (non-hydrogen) atoms. The maximum Gasteiger partial charge on any atom is 0.101 e. The Balaban J connectivity index is 2.08. The Morgan fingerprint density at radius 2 is 2.00 bits per heavy atom. The number of fused-ring (bicyclic) bond motifs is 1. The van der Waals surface area contributed by atoms with Gasteiger partial charge in [-0.25, -0.2) is 0 Å². The third-order valence-electron chi connectivity index (χ3n) is 2.79. The SMILES string of the molecule is CC1C2C=CC=C(OC(C)(C)C)C12. The van der Waals surface area contributed by atoms with Crippen molar-refractivity contribution in [3.05, 3.63) is 24.0 Å². The Kier molecular flexibility index (Phi) is 1.79. The maximum atomic E-state index is 5.91. The van der Waals surface area contributed by atoms with Crippen molar-refractivity contribution in [2.45, 2.75) is 33.3 Å². The lowest BCUT2D eigenvalue weighted by molar-refractivity contribution is 0.0415. The summed E-state index contributed by atoms with van der Waals surface area (Å²) in [4.78, 5) is 0. The monoisotopic (exact) mass is 178 g/mol. The lowest BCUT2D eigenvalue weighted by Gasteiger charge is -2.24. The van der Waals surface area contributed by atoms with Gasteiger partial charge in [0.15, 0.2) is 0 Å². The van der Waals surface area contributed by atoms with Gasteiger partial charge in [-0.1, -0.05) is 19.1 Å². The van der Waals surface area contributed by atoms with E-state index in [4.69, 9.17) is 4.74 Å². The van der Waals surface area contributed by atoms with Crippen LogP contribution in [0, 0.1) is 17.8 Å². The highest BCUT2D eigenvalue weighted by Gasteiger charge is 2.49. The highest BCUT2D eigenvalue weighted by molar-refractivity contribution is 5.29. The molecule has 0 spiro atoms. The molecule has 0 aromatic carbocycles. The van der Waals surface area contributed by atoms with Gasteiger partial charge >= 0.3 is 0 Å². The van der Waals surface area contributed by atoms with Crippen LogP contribution in [-0.2, 0) is 4.74 Å². The van der Waals surface area contributed by atoms with Gasteiger partial charge in [-0.15, -0.1) is 0 Å². The van der Waals surface area contributed by atoms with Crippen molar-refractivity contribution in [1.82, 2.24) is 0 Å². The van der Waals surface area contributed by atoms with Gasteiger partial charge in [-0.2, -0.15) is 0 Å². The molecule has 0 amide bonds. The second-order valence-electron chi connectivity index (χ2n) is 5.13. The molecule has 0 aromatic heterocycles. The number of ether oxygens (including phenoxy) is 1. The maximum absolute atomic E-state index is 5.91. The molecule has 0 N–H and O–H groups in total. The van der Waals surface area contributed by atoms with Gasteiger partial charge in [-0.3, -0.25) is 0 Å². The van der Waals surface area contributed by atoms with E-state index in [0.29, 0.717) is 5.92 Å². The Bertz CT molecular complexity index is 267. The summed E-state index contributed by atoms with van der Waals surface area (Å²) in [6, 6.07) is 0. The van der Waals surface area contributed by atoms with Gasteiger partial charge in [0.2, 0.25) is 0 Å². The van der Waals surface area contributed by atoms with Crippen molar-refractivity contribution in [2.24, 2.45) is 17.8 Å². The van der Waals surface area contributed by atoms with Crippen molar-refractivity contribution in [3.63, 3.8) is 0 Å². The third-order valence-corrected chi connectivity index (χ3v) is 2.79. The topological polar surface area (TPSA) is 9.23 Å². The molecule has 0 radical (unpaired) electrons. The van der Waals surface area contributed by atoms with Crippen LogP contribution in [0.3, 0.4) is 0 Å². The summed E-state index contributed by atoms with van der Waals surface area (Å²) in [5.41, 5.74) is -0.0517. The van der Waals surface area contributed by atoms with E-state index in [2.05, 4.69) is 45.9 Å². The number of hydrogen-bond acceptors (Lipinski definition) is 1. The highest BCUT2D eigenvalue weighted by atomic mass is 16.5. The van der Waals surface area contributed by atoms with E-state index in [0.717, 1.165) is 11.8 Å². The van der Waals surface area contributed by atoms with Crippen LogP contribution in [-0.4, -0.2) is 5.60 Å². The summed E-state index contributed by atoms with van der Waals surface area (Å²) in [6.45, 7) is 8.61. The minimum atomic E-state index is -0.0517. The van der Waals surface area contributed by atoms with E-state index in [9.17, 15) is 0 Å². The molecule has 3 atom stereocenters. The minimum Gasteiger partial charge on any atom is -0.492 e. The molecular formula is C12H18O. The second-order valence-corrected chi connectivity index (χ2v) is 5.13. The molecule has 0 bridgehead atoms. The molecule has 0 aliphatic heterocycles. The number of allylic oxidation sites excluding steroid dienone is 4. The molecule has 2 aliphatic rings. The molecule has 1 fully saturated rings. The van der Waals surface area contributed by atoms with Gasteiger partial charge in [-0.05, 0) is 38.7 Å². The Labute approximate surface area is 80.5 Å². The van der Waals surface area contributed by atoms with E-state index < -0.39 is 0 Å². The summed E-state index contributed by atoms with van der Waals surface area (Å²) in [7, 11) is 0. The van der Waals surface area contributed by atoms with Crippen molar-refractivity contribution in [3.8, 4) is 0 Å². The van der Waals surface area contributed by atoms with Crippen LogP contribution < -0.4 is 0 Å². The zero-order valence-electron chi connectivity index (χ0n) is 8.87. The summed E-state index contributed by atoms with van der Waals surface area (Å²) in [5, 5.41) is 0. The van der Waals surface area contributed by atoms with Gasteiger partial charge < -0.3 is 4.74 Å². The first kappa shape index (κ1) is 8.86. The van der Waals surface area contributed by atoms with Crippen molar-refractivity contribution in [2.75, 3.05) is 0 Å². The Morgan fingerprint density at radius 1 is 1.31 bits per heavy atom. The number of rotatable bonds is 1. The van der Waals surface area contributed by atoms with Crippen LogP contribution in [0.2, 0.25) is 0 Å². The summed E-state index contributed by atoms with van der Waals surface area (Å²) < 4.78 is 5.91. The van der Waals surface area contributed by atoms with E-state index in [1.807, 2.05) is 0 Å². The summed E-state index contributed by atoms with van der Waals surface area (Å²) in [5.74, 6) is 3.39. The van der Waals surface area contributed by atoms with Gasteiger partial charge in [0.1, 0.15) is 11.4 Å². The summed E-state index contributed by atoms with van der Waals surface area (Å²) in [6.07, 6.45) is 6.55. The van der Waals surface area contributed by atoms with Crippen molar-refractivity contribution in [1.29, 1.82) is 0 Å². The fraction of sp³-hybridized carbons (Fsp3) is 0.667. The Hall–Kier alpha value is -0.720. The van der Waals surface area contributed by atoms with Crippen LogP contribution >= 0.6 is 0 Å². The molecular weight excluding hydrogens is 160 g/mol. The number of hydrogen-bond donors (Lipinski definition) is 0. The molecule has 0 aromatic rings. The first-order valence-electron chi connectivity index (χ1n) is 5.06. The van der Waals surface area contributed by atoms with Crippen molar-refractivity contribution < 1.29 is 4.74 Å². The largest absolute Gasteiger partial charge is 0.492 e. The van der Waals surface area contributed by atoms with Gasteiger partial charge in [0.05, 0.1) is 0 Å². The lowest BCUT2D eigenvalue weighted by Crippen LogP contribution is -2.20. The van der Waals surface area contributed by atoms with Crippen LogP contribution in [0.25, 0.3) is 0 Å². The predicted octanol–water partition coefficient (Wildman–Crippen LogP) is 3.14. The van der Waals surface area contributed by atoms with E-state index >= 15 is 0 Å². The first-order chi connectivity index (χ1) is 5.99. The predicted molar refractivity (Wildman–Crippen MR) is 54.2 cm³/mol. The first-order valence-corrected chi connectivity index (χ1v) is 5.06. The smallest absolute Gasteiger partial charge is 0.101 e. The van der Waals surface area contributed by atoms with Crippen molar-refractivity contribution >= 4 is 0 Å². The minimum absolute atomic E-state index is 0.0517. The average molecular weight is 178 g/mol. The van der Waals surface area contributed by atoms with Crippen LogP contribution in [0.1, 0.15) is 27.7 Å². The molecule has 2 aliphatic carbocycles. The normalized spacial score (nSPS) is 36.6. The third kappa shape index (κ3) is 1.65. The molecule has 0 saturated heterocycles. The fourth-order valence-corrected chi connectivity index (χ4v) is 2.08. The molecule has 3 unspecified atom stereocenters. The standard InChI is InChI=1S/C12H18O/c1-8-9-6-5-7-10(11(8)9)13-12(2,3)4/h5-9,11H,1-4H3. The average Bonchev–Trinajstić information content (AvgIpc) is 2.60. The van der Waals surface area contributed by atoms with Crippen LogP contribution in [0.15, 0.2) is 24.0 Å². The molecule has 1 heteroatoms. The molecule has 0 heterocycles. The van der Waals surface area contributed by atoms with E-state index in [1.165, 1.54) is 5.76 Å². The highest BCUT2D eigenvalue weighted by Crippen LogP contribution is 2.54. The van der Waals surface area contributed by atoms with E-state index in [-0.39, 0.29) is 5.60 Å².